The van der Waals surface area contributed by atoms with Crippen molar-refractivity contribution in [3.63, 3.8) is 0 Å². The first-order chi connectivity index (χ1) is 11.8. The maximum atomic E-state index is 12.8. The highest BCUT2D eigenvalue weighted by atomic mass is 16.5. The molecular weight excluding hydrogens is 332 g/mol. The molecular formula is C16H16N2O7. The van der Waals surface area contributed by atoms with Gasteiger partial charge in [-0.1, -0.05) is 12.1 Å². The van der Waals surface area contributed by atoms with Crippen LogP contribution >= 0.6 is 0 Å². The largest absolute Gasteiger partial charge is 0.481 e. The Morgan fingerprint density at radius 1 is 1.40 bits per heavy atom. The van der Waals surface area contributed by atoms with Crippen LogP contribution in [0.2, 0.25) is 0 Å². The number of piperidine rings is 1. The van der Waals surface area contributed by atoms with Crippen LogP contribution in [0.4, 0.5) is 0 Å². The zero-order chi connectivity index (χ0) is 18.6. The minimum Gasteiger partial charge on any atom is -0.481 e. The van der Waals surface area contributed by atoms with Gasteiger partial charge in [-0.25, -0.2) is 4.79 Å². The number of carboxylic acid groups (broad SMARTS) is 1. The number of nitrogens with one attached hydrogen (secondary N) is 1. The summed E-state index contributed by atoms with van der Waals surface area (Å²) in [5.41, 5.74) is 0.438. The molecule has 1 fully saturated rings. The second kappa shape index (κ2) is 7.56. The Bertz CT molecular complexity index is 744. The normalized spacial score (nSPS) is 16.8. The molecule has 9 heteroatoms. The third kappa shape index (κ3) is 4.00. The highest BCUT2D eigenvalue weighted by Crippen LogP contribution is 2.25. The lowest BCUT2D eigenvalue weighted by molar-refractivity contribution is -0.140. The van der Waals surface area contributed by atoms with Gasteiger partial charge < -0.3 is 9.84 Å². The first-order valence-corrected chi connectivity index (χ1v) is 7.41. The van der Waals surface area contributed by atoms with E-state index in [-0.39, 0.29) is 30.6 Å². The van der Waals surface area contributed by atoms with Crippen LogP contribution in [0, 0.1) is 6.92 Å². The fraction of sp³-hybridized carbons (Fsp3) is 0.312. The molecule has 132 valence electrons. The van der Waals surface area contributed by atoms with Gasteiger partial charge in [0.25, 0.3) is 5.91 Å². The van der Waals surface area contributed by atoms with Crippen molar-refractivity contribution in [1.82, 2.24) is 10.2 Å². The highest BCUT2D eigenvalue weighted by molar-refractivity contribution is 6.08. The molecule has 0 bridgehead atoms. The van der Waals surface area contributed by atoms with Gasteiger partial charge in [0.2, 0.25) is 18.2 Å². The Kier molecular flexibility index (Phi) is 5.48. The number of benzene rings is 1. The lowest BCUT2D eigenvalue weighted by Crippen LogP contribution is -2.54. The van der Waals surface area contributed by atoms with Crippen molar-refractivity contribution in [3.8, 4) is 5.75 Å². The molecule has 25 heavy (non-hydrogen) atoms. The summed E-state index contributed by atoms with van der Waals surface area (Å²) >= 11 is 0. The van der Waals surface area contributed by atoms with Crippen LogP contribution in [0.3, 0.4) is 0 Å². The summed E-state index contributed by atoms with van der Waals surface area (Å²) in [4.78, 5) is 58.8. The third-order valence-corrected chi connectivity index (χ3v) is 3.69. The molecule has 0 spiro atoms. The first-order valence-electron chi connectivity index (χ1n) is 7.41. The Balaban J connectivity index is 2.34. The van der Waals surface area contributed by atoms with Crippen LogP contribution in [-0.4, -0.2) is 52.8 Å². The zero-order valence-electron chi connectivity index (χ0n) is 13.4. The Morgan fingerprint density at radius 3 is 2.72 bits per heavy atom. The number of carbonyl (C=O) groups excluding carboxylic acids is 4. The number of aliphatic carboxylic acids is 1. The van der Waals surface area contributed by atoms with Crippen LogP contribution < -0.4 is 10.1 Å². The van der Waals surface area contributed by atoms with Crippen LogP contribution in [0.25, 0.3) is 0 Å². The quantitative estimate of drug-likeness (QED) is 0.540. The highest BCUT2D eigenvalue weighted by Gasteiger charge is 2.36. The predicted molar refractivity (Wildman–Crippen MR) is 82.7 cm³/mol. The van der Waals surface area contributed by atoms with Crippen molar-refractivity contribution in [3.05, 3.63) is 29.3 Å². The summed E-state index contributed by atoms with van der Waals surface area (Å²) < 4.78 is 5.11. The lowest BCUT2D eigenvalue weighted by Gasteiger charge is -2.29. The summed E-state index contributed by atoms with van der Waals surface area (Å²) in [5.74, 6) is -3.24. The molecule has 1 aliphatic heterocycles. The SMILES string of the molecule is Cc1cccc(OCC(=O)O)c1C(=O)N(C=O)C1CCC(=O)NC1=O. The number of amides is 4. The van der Waals surface area contributed by atoms with E-state index in [1.165, 1.54) is 6.07 Å². The van der Waals surface area contributed by atoms with Gasteiger partial charge in [-0.05, 0) is 25.0 Å². The van der Waals surface area contributed by atoms with Gasteiger partial charge in [-0.2, -0.15) is 0 Å². The number of hydrogen-bond acceptors (Lipinski definition) is 6. The first kappa shape index (κ1) is 18.1. The molecule has 4 amide bonds. The predicted octanol–water partition coefficient (Wildman–Crippen LogP) is -0.138. The summed E-state index contributed by atoms with van der Waals surface area (Å²) in [6, 6.07) is 3.44. The van der Waals surface area contributed by atoms with Gasteiger partial charge >= 0.3 is 5.97 Å². The van der Waals surface area contributed by atoms with Crippen molar-refractivity contribution < 1.29 is 33.8 Å². The van der Waals surface area contributed by atoms with Crippen LogP contribution in [-0.2, 0) is 19.2 Å². The van der Waals surface area contributed by atoms with Gasteiger partial charge in [0.1, 0.15) is 11.8 Å². The molecule has 1 saturated heterocycles. The summed E-state index contributed by atoms with van der Waals surface area (Å²) in [6.45, 7) is 0.928. The van der Waals surface area contributed by atoms with E-state index in [1.54, 1.807) is 19.1 Å². The smallest absolute Gasteiger partial charge is 0.341 e. The van der Waals surface area contributed by atoms with E-state index in [4.69, 9.17) is 9.84 Å². The van der Waals surface area contributed by atoms with E-state index in [0.29, 0.717) is 10.5 Å². The number of nitrogens with zero attached hydrogens (tertiary/aromatic N) is 1. The zero-order valence-corrected chi connectivity index (χ0v) is 13.4. The van der Waals surface area contributed by atoms with Gasteiger partial charge in [-0.15, -0.1) is 0 Å². The van der Waals surface area contributed by atoms with Gasteiger partial charge in [0.15, 0.2) is 6.61 Å². The van der Waals surface area contributed by atoms with E-state index in [2.05, 4.69) is 5.32 Å². The molecule has 0 aromatic heterocycles. The van der Waals surface area contributed by atoms with Crippen molar-refractivity contribution in [2.75, 3.05) is 6.61 Å². The average molecular weight is 348 g/mol. The molecule has 2 rings (SSSR count). The van der Waals surface area contributed by atoms with Crippen LogP contribution in [0.1, 0.15) is 28.8 Å². The number of imide groups is 2. The summed E-state index contributed by atoms with van der Waals surface area (Å²) in [5, 5.41) is 10.8. The molecule has 1 unspecified atom stereocenters. The monoisotopic (exact) mass is 348 g/mol. The molecule has 1 aromatic rings. The number of carbonyl (C=O) groups is 5. The lowest BCUT2D eigenvalue weighted by atomic mass is 10.0. The van der Waals surface area contributed by atoms with E-state index in [9.17, 15) is 24.0 Å². The van der Waals surface area contributed by atoms with E-state index in [0.717, 1.165) is 0 Å². The van der Waals surface area contributed by atoms with E-state index < -0.39 is 36.3 Å². The summed E-state index contributed by atoms with van der Waals surface area (Å²) in [6.07, 6.45) is 0.242. The molecule has 1 aliphatic rings. The fourth-order valence-electron chi connectivity index (χ4n) is 2.51. The fourth-order valence-corrected chi connectivity index (χ4v) is 2.51. The average Bonchev–Trinajstić information content (AvgIpc) is 2.55. The Labute approximate surface area is 142 Å². The summed E-state index contributed by atoms with van der Waals surface area (Å²) in [7, 11) is 0. The maximum absolute atomic E-state index is 12.8. The van der Waals surface area contributed by atoms with Gasteiger partial charge in [-0.3, -0.25) is 29.4 Å². The van der Waals surface area contributed by atoms with E-state index in [1.807, 2.05) is 0 Å². The Morgan fingerprint density at radius 2 is 2.12 bits per heavy atom. The number of rotatable bonds is 6. The van der Waals surface area contributed by atoms with Crippen molar-refractivity contribution in [1.29, 1.82) is 0 Å². The number of carboxylic acids is 1. The standard InChI is InChI=1S/C16H16N2O7/c1-9-3-2-4-11(25-7-13(21)22)14(9)16(24)18(8-19)10-5-6-12(20)17-15(10)23/h2-4,8,10H,5-7H2,1H3,(H,21,22)(H,17,20,23). The van der Waals surface area contributed by atoms with Gasteiger partial charge in [0, 0.05) is 6.42 Å². The topological polar surface area (TPSA) is 130 Å². The molecule has 1 heterocycles. The van der Waals surface area contributed by atoms with Crippen molar-refractivity contribution in [2.45, 2.75) is 25.8 Å². The van der Waals surface area contributed by atoms with Gasteiger partial charge in [0.05, 0.1) is 5.56 Å². The van der Waals surface area contributed by atoms with Crippen LogP contribution in [0.15, 0.2) is 18.2 Å². The number of aryl methyl sites for hydroxylation is 1. The molecule has 2 N–H and O–H groups in total. The molecule has 0 aliphatic carbocycles. The Hall–Kier alpha value is -3.23. The molecule has 0 radical (unpaired) electrons. The van der Waals surface area contributed by atoms with Crippen LogP contribution in [0.5, 0.6) is 5.75 Å². The second-order valence-corrected chi connectivity index (χ2v) is 5.42. The molecule has 9 nitrogen and oxygen atoms in total. The van der Waals surface area contributed by atoms with E-state index >= 15 is 0 Å². The molecule has 1 aromatic carbocycles. The number of ether oxygens (including phenoxy) is 1. The third-order valence-electron chi connectivity index (χ3n) is 3.69. The molecule has 1 atom stereocenters. The molecule has 0 saturated carbocycles. The van der Waals surface area contributed by atoms with Crippen molar-refractivity contribution in [2.24, 2.45) is 0 Å². The maximum Gasteiger partial charge on any atom is 0.341 e. The number of hydrogen-bond donors (Lipinski definition) is 2. The van der Waals surface area contributed by atoms with Crippen molar-refractivity contribution >= 4 is 30.1 Å². The second-order valence-electron chi connectivity index (χ2n) is 5.42. The minimum absolute atomic E-state index is 0.00414. The minimum atomic E-state index is -1.22.